The van der Waals surface area contributed by atoms with Gasteiger partial charge in [-0.25, -0.2) is 13.1 Å². The molecule has 1 aromatic carbocycles. The summed E-state index contributed by atoms with van der Waals surface area (Å²) in [7, 11) is -3.81. The van der Waals surface area contributed by atoms with Gasteiger partial charge < -0.3 is 4.52 Å². The van der Waals surface area contributed by atoms with E-state index in [-0.39, 0.29) is 28.4 Å². The number of hydrogen-bond acceptors (Lipinski definition) is 6. The Morgan fingerprint density at radius 3 is 2.86 bits per heavy atom. The molecule has 2 aromatic rings. The van der Waals surface area contributed by atoms with Gasteiger partial charge in [-0.3, -0.25) is 0 Å². The maximum absolute atomic E-state index is 12.1. The number of hydrogen-bond donors (Lipinski definition) is 1. The summed E-state index contributed by atoms with van der Waals surface area (Å²) < 4.78 is 31.5. The zero-order chi connectivity index (χ0) is 15.5. The van der Waals surface area contributed by atoms with E-state index in [1.807, 2.05) is 6.07 Å². The molecule has 0 fully saturated rings. The van der Waals surface area contributed by atoms with Crippen LogP contribution in [-0.2, 0) is 16.4 Å². The molecule has 0 saturated heterocycles. The number of halogens is 1. The van der Waals surface area contributed by atoms with Crippen molar-refractivity contribution in [1.82, 2.24) is 14.9 Å². The number of nitrogens with one attached hydrogen (secondary N) is 1. The van der Waals surface area contributed by atoms with Crippen molar-refractivity contribution >= 4 is 21.6 Å². The van der Waals surface area contributed by atoms with Crippen LogP contribution >= 0.6 is 11.6 Å². The Hall–Kier alpha value is -1.95. The van der Waals surface area contributed by atoms with Gasteiger partial charge in [-0.2, -0.15) is 10.2 Å². The summed E-state index contributed by atoms with van der Waals surface area (Å²) in [5.74, 6) is 0.824. The predicted octanol–water partition coefficient (Wildman–Crippen LogP) is 1.42. The molecule has 0 aliphatic rings. The fourth-order valence-corrected chi connectivity index (χ4v) is 3.15. The molecule has 0 saturated carbocycles. The van der Waals surface area contributed by atoms with Gasteiger partial charge in [-0.15, -0.1) is 0 Å². The fourth-order valence-electron chi connectivity index (χ4n) is 1.59. The molecule has 0 amide bonds. The first-order chi connectivity index (χ1) is 9.92. The van der Waals surface area contributed by atoms with E-state index in [1.165, 1.54) is 18.2 Å². The van der Waals surface area contributed by atoms with Gasteiger partial charge in [0, 0.05) is 13.0 Å². The first-order valence-electron chi connectivity index (χ1n) is 5.91. The minimum atomic E-state index is -3.81. The molecule has 110 valence electrons. The van der Waals surface area contributed by atoms with Gasteiger partial charge in [0.2, 0.25) is 15.9 Å². The second-order valence-corrected chi connectivity index (χ2v) is 6.28. The second kappa shape index (κ2) is 6.22. The first kappa shape index (κ1) is 15.4. The van der Waals surface area contributed by atoms with E-state index in [2.05, 4.69) is 14.9 Å². The van der Waals surface area contributed by atoms with Crippen LogP contribution in [0.1, 0.15) is 17.3 Å². The largest absolute Gasteiger partial charge is 0.339 e. The Morgan fingerprint density at radius 1 is 1.48 bits per heavy atom. The van der Waals surface area contributed by atoms with E-state index in [0.717, 1.165) is 0 Å². The highest BCUT2D eigenvalue weighted by atomic mass is 35.5. The van der Waals surface area contributed by atoms with E-state index in [4.69, 9.17) is 21.4 Å². The minimum absolute atomic E-state index is 0.0511. The van der Waals surface area contributed by atoms with Crippen molar-refractivity contribution in [2.75, 3.05) is 6.54 Å². The number of nitrogens with zero attached hydrogens (tertiary/aromatic N) is 3. The maximum atomic E-state index is 12.1. The van der Waals surface area contributed by atoms with Crippen LogP contribution in [0.5, 0.6) is 0 Å². The van der Waals surface area contributed by atoms with Crippen molar-refractivity contribution < 1.29 is 12.9 Å². The highest BCUT2D eigenvalue weighted by Crippen LogP contribution is 2.22. The van der Waals surface area contributed by atoms with Crippen molar-refractivity contribution in [3.8, 4) is 6.07 Å². The molecule has 0 aliphatic carbocycles. The predicted molar refractivity (Wildman–Crippen MR) is 74.1 cm³/mol. The lowest BCUT2D eigenvalue weighted by atomic mass is 10.2. The zero-order valence-electron chi connectivity index (χ0n) is 11.0. The minimum Gasteiger partial charge on any atom is -0.339 e. The number of aryl methyl sites for hydroxylation is 1. The Labute approximate surface area is 126 Å². The van der Waals surface area contributed by atoms with Crippen LogP contribution in [-0.4, -0.2) is 25.1 Å². The number of sulfonamides is 1. The molecule has 9 heteroatoms. The summed E-state index contributed by atoms with van der Waals surface area (Å²) in [6, 6.07) is 5.91. The molecule has 0 aliphatic heterocycles. The van der Waals surface area contributed by atoms with Gasteiger partial charge in [0.25, 0.3) is 0 Å². The van der Waals surface area contributed by atoms with Gasteiger partial charge >= 0.3 is 0 Å². The lowest BCUT2D eigenvalue weighted by molar-refractivity contribution is 0.375. The standard InChI is InChI=1S/C12H11ClN4O3S/c1-8-16-12(20-17-8)4-5-15-21(18,19)11-6-9(7-14)2-3-10(11)13/h2-3,6,15H,4-5H2,1H3. The van der Waals surface area contributed by atoms with Crippen molar-refractivity contribution in [2.24, 2.45) is 0 Å². The van der Waals surface area contributed by atoms with Gasteiger partial charge in [-0.05, 0) is 25.1 Å². The van der Waals surface area contributed by atoms with Gasteiger partial charge in [0.1, 0.15) is 4.90 Å². The van der Waals surface area contributed by atoms with Crippen molar-refractivity contribution in [3.05, 3.63) is 40.5 Å². The zero-order valence-corrected chi connectivity index (χ0v) is 12.6. The molecule has 7 nitrogen and oxygen atoms in total. The third-order valence-corrected chi connectivity index (χ3v) is 4.49. The first-order valence-corrected chi connectivity index (χ1v) is 7.77. The van der Waals surface area contributed by atoms with E-state index in [9.17, 15) is 8.42 Å². The summed E-state index contributed by atoms with van der Waals surface area (Å²) >= 11 is 5.87. The quantitative estimate of drug-likeness (QED) is 0.890. The third kappa shape index (κ3) is 3.78. The number of nitriles is 1. The van der Waals surface area contributed by atoms with Crippen LogP contribution in [0.15, 0.2) is 27.6 Å². The molecule has 0 spiro atoms. The summed E-state index contributed by atoms with van der Waals surface area (Å²) in [6.07, 6.45) is 0.260. The normalized spacial score (nSPS) is 11.3. The van der Waals surface area contributed by atoms with Crippen molar-refractivity contribution in [2.45, 2.75) is 18.2 Å². The summed E-state index contributed by atoms with van der Waals surface area (Å²) in [4.78, 5) is 3.83. The van der Waals surface area contributed by atoms with Gasteiger partial charge in [0.05, 0.1) is 16.7 Å². The van der Waals surface area contributed by atoms with Gasteiger partial charge in [0.15, 0.2) is 5.82 Å². The molecule has 0 unspecified atom stereocenters. The maximum Gasteiger partial charge on any atom is 0.242 e. The molecule has 1 N–H and O–H groups in total. The third-order valence-electron chi connectivity index (χ3n) is 2.55. The van der Waals surface area contributed by atoms with Crippen molar-refractivity contribution in [1.29, 1.82) is 5.26 Å². The molecule has 2 rings (SSSR count). The Bertz CT molecular complexity index is 795. The van der Waals surface area contributed by atoms with Crippen LogP contribution < -0.4 is 4.72 Å². The lowest BCUT2D eigenvalue weighted by Crippen LogP contribution is -2.26. The number of aromatic nitrogens is 2. The highest BCUT2D eigenvalue weighted by Gasteiger charge is 2.18. The highest BCUT2D eigenvalue weighted by molar-refractivity contribution is 7.89. The molecule has 0 radical (unpaired) electrons. The van der Waals surface area contributed by atoms with E-state index < -0.39 is 10.0 Å². The Balaban J connectivity index is 2.10. The topological polar surface area (TPSA) is 109 Å². The van der Waals surface area contributed by atoms with E-state index >= 15 is 0 Å². The molecule has 0 atom stereocenters. The summed E-state index contributed by atoms with van der Waals surface area (Å²) in [6.45, 7) is 1.75. The second-order valence-electron chi connectivity index (χ2n) is 4.14. The van der Waals surface area contributed by atoms with Crippen LogP contribution in [0.4, 0.5) is 0 Å². The van der Waals surface area contributed by atoms with E-state index in [0.29, 0.717) is 11.7 Å². The molecular formula is C12H11ClN4O3S. The summed E-state index contributed by atoms with van der Waals surface area (Å²) in [5, 5.41) is 12.5. The monoisotopic (exact) mass is 326 g/mol. The van der Waals surface area contributed by atoms with E-state index in [1.54, 1.807) is 6.92 Å². The Morgan fingerprint density at radius 2 is 2.24 bits per heavy atom. The number of benzene rings is 1. The fraction of sp³-hybridized carbons (Fsp3) is 0.250. The molecule has 1 aromatic heterocycles. The average Bonchev–Trinajstić information content (AvgIpc) is 2.84. The van der Waals surface area contributed by atoms with Crippen LogP contribution in [0.25, 0.3) is 0 Å². The number of rotatable bonds is 5. The molecular weight excluding hydrogens is 316 g/mol. The molecule has 1 heterocycles. The molecule has 0 bridgehead atoms. The van der Waals surface area contributed by atoms with Crippen LogP contribution in [0.2, 0.25) is 5.02 Å². The van der Waals surface area contributed by atoms with Gasteiger partial charge in [-0.1, -0.05) is 16.8 Å². The SMILES string of the molecule is Cc1noc(CCNS(=O)(=O)c2cc(C#N)ccc2Cl)n1. The summed E-state index contributed by atoms with van der Waals surface area (Å²) in [5.41, 5.74) is 0.215. The average molecular weight is 327 g/mol. The molecule has 21 heavy (non-hydrogen) atoms. The van der Waals surface area contributed by atoms with Crippen molar-refractivity contribution in [3.63, 3.8) is 0 Å². The van der Waals surface area contributed by atoms with Crippen LogP contribution in [0, 0.1) is 18.3 Å². The van der Waals surface area contributed by atoms with Crippen LogP contribution in [0.3, 0.4) is 0 Å². The lowest BCUT2D eigenvalue weighted by Gasteiger charge is -2.07. The smallest absolute Gasteiger partial charge is 0.242 e. The Kier molecular flexibility index (Phi) is 4.57.